The molecular formula is C23H29NO3. The fourth-order valence-corrected chi connectivity index (χ4v) is 3.60. The van der Waals surface area contributed by atoms with Crippen molar-refractivity contribution in [1.29, 1.82) is 0 Å². The van der Waals surface area contributed by atoms with E-state index in [-0.39, 0.29) is 19.1 Å². The van der Waals surface area contributed by atoms with Crippen LogP contribution in [0.25, 0.3) is 11.1 Å². The average molecular weight is 367 g/mol. The summed E-state index contributed by atoms with van der Waals surface area (Å²) in [6.07, 6.45) is 1.08. The van der Waals surface area contributed by atoms with Gasteiger partial charge in [-0.25, -0.2) is 4.79 Å². The summed E-state index contributed by atoms with van der Waals surface area (Å²) >= 11 is 0. The van der Waals surface area contributed by atoms with Crippen LogP contribution >= 0.6 is 0 Å². The summed E-state index contributed by atoms with van der Waals surface area (Å²) in [5.41, 5.74) is 3.87. The summed E-state index contributed by atoms with van der Waals surface area (Å²) in [6, 6.07) is 16.5. The highest BCUT2D eigenvalue weighted by Gasteiger charge is 2.29. The molecule has 1 aliphatic carbocycles. The van der Waals surface area contributed by atoms with E-state index < -0.39 is 11.7 Å². The maximum absolute atomic E-state index is 12.2. The van der Waals surface area contributed by atoms with E-state index in [1.54, 1.807) is 6.92 Å². The lowest BCUT2D eigenvalue weighted by atomic mass is 9.95. The summed E-state index contributed by atoms with van der Waals surface area (Å²) in [6.45, 7) is 6.47. The first kappa shape index (κ1) is 19.4. The summed E-state index contributed by atoms with van der Waals surface area (Å²) in [5, 5.41) is 13.1. The van der Waals surface area contributed by atoms with Gasteiger partial charge in [0.05, 0.1) is 5.60 Å². The van der Waals surface area contributed by atoms with Crippen LogP contribution in [0, 0.1) is 5.92 Å². The van der Waals surface area contributed by atoms with Gasteiger partial charge in [-0.2, -0.15) is 0 Å². The van der Waals surface area contributed by atoms with Gasteiger partial charge in [0.25, 0.3) is 0 Å². The van der Waals surface area contributed by atoms with Crippen molar-refractivity contribution in [3.05, 3.63) is 59.7 Å². The molecule has 0 heterocycles. The van der Waals surface area contributed by atoms with Crippen molar-refractivity contribution < 1.29 is 14.6 Å². The molecule has 0 aromatic heterocycles. The third-order valence-corrected chi connectivity index (χ3v) is 5.22. The van der Waals surface area contributed by atoms with E-state index in [0.29, 0.717) is 12.3 Å². The second kappa shape index (κ2) is 8.13. The molecule has 0 saturated carbocycles. The van der Waals surface area contributed by atoms with E-state index >= 15 is 0 Å². The Balaban J connectivity index is 1.58. The van der Waals surface area contributed by atoms with E-state index in [0.717, 1.165) is 6.42 Å². The van der Waals surface area contributed by atoms with Crippen LogP contribution in [-0.4, -0.2) is 30.0 Å². The van der Waals surface area contributed by atoms with Gasteiger partial charge < -0.3 is 15.2 Å². The molecule has 0 bridgehead atoms. The smallest absolute Gasteiger partial charge is 0.407 e. The number of hydrogen-bond acceptors (Lipinski definition) is 3. The minimum atomic E-state index is -0.921. The highest BCUT2D eigenvalue weighted by molar-refractivity contribution is 5.79. The minimum absolute atomic E-state index is 0.0459. The van der Waals surface area contributed by atoms with Crippen LogP contribution in [0.2, 0.25) is 0 Å². The van der Waals surface area contributed by atoms with Crippen molar-refractivity contribution in [1.82, 2.24) is 5.32 Å². The summed E-state index contributed by atoms with van der Waals surface area (Å²) in [5.74, 6) is 0.565. The van der Waals surface area contributed by atoms with Crippen LogP contribution in [0.5, 0.6) is 0 Å². The Bertz CT molecular complexity index is 752. The minimum Gasteiger partial charge on any atom is -0.449 e. The van der Waals surface area contributed by atoms with Crippen molar-refractivity contribution in [2.24, 2.45) is 5.92 Å². The number of alkyl carbamates (subject to hydrolysis) is 1. The van der Waals surface area contributed by atoms with Crippen LogP contribution in [0.4, 0.5) is 4.79 Å². The largest absolute Gasteiger partial charge is 0.449 e. The van der Waals surface area contributed by atoms with Gasteiger partial charge in [0.15, 0.2) is 0 Å². The number of carbonyl (C=O) groups is 1. The standard InChI is InChI=1S/C23H29NO3/c1-16(2)12-13-23(3,26)15-24-22(25)27-14-21-19-10-6-4-8-17(19)18-9-5-7-11-20(18)21/h4-11,16,21,26H,12-15H2,1-3H3,(H,24,25). The predicted molar refractivity (Wildman–Crippen MR) is 108 cm³/mol. The second-order valence-corrected chi connectivity index (χ2v) is 8.11. The van der Waals surface area contributed by atoms with E-state index in [9.17, 15) is 9.90 Å². The van der Waals surface area contributed by atoms with Crippen LogP contribution in [-0.2, 0) is 4.74 Å². The molecule has 4 nitrogen and oxygen atoms in total. The van der Waals surface area contributed by atoms with Crippen molar-refractivity contribution >= 4 is 6.09 Å². The third kappa shape index (κ3) is 4.69. The number of fused-ring (bicyclic) bond motifs is 3. The average Bonchev–Trinajstić information content (AvgIpc) is 2.97. The van der Waals surface area contributed by atoms with E-state index in [1.165, 1.54) is 22.3 Å². The normalized spacial score (nSPS) is 15.1. The lowest BCUT2D eigenvalue weighted by Crippen LogP contribution is -2.41. The number of carbonyl (C=O) groups excluding carboxylic acids is 1. The van der Waals surface area contributed by atoms with Crippen molar-refractivity contribution in [3.8, 4) is 11.1 Å². The van der Waals surface area contributed by atoms with Gasteiger partial charge >= 0.3 is 6.09 Å². The van der Waals surface area contributed by atoms with Gasteiger partial charge in [0.2, 0.25) is 0 Å². The number of ether oxygens (including phenoxy) is 1. The summed E-state index contributed by atoms with van der Waals surface area (Å²) < 4.78 is 5.50. The Morgan fingerprint density at radius 3 is 2.22 bits per heavy atom. The van der Waals surface area contributed by atoms with Gasteiger partial charge in [-0.3, -0.25) is 0 Å². The third-order valence-electron chi connectivity index (χ3n) is 5.22. The monoisotopic (exact) mass is 367 g/mol. The first-order valence-electron chi connectivity index (χ1n) is 9.68. The molecule has 1 atom stereocenters. The van der Waals surface area contributed by atoms with Gasteiger partial charge in [-0.05, 0) is 47.9 Å². The zero-order chi connectivity index (χ0) is 19.4. The van der Waals surface area contributed by atoms with Crippen LogP contribution < -0.4 is 5.32 Å². The quantitative estimate of drug-likeness (QED) is 0.745. The first-order chi connectivity index (χ1) is 12.9. The topological polar surface area (TPSA) is 58.6 Å². The van der Waals surface area contributed by atoms with Gasteiger partial charge in [0.1, 0.15) is 6.61 Å². The molecule has 0 radical (unpaired) electrons. The molecule has 1 amide bonds. The molecule has 1 unspecified atom stereocenters. The molecule has 144 valence electrons. The van der Waals surface area contributed by atoms with Gasteiger partial charge in [-0.1, -0.05) is 62.4 Å². The fourth-order valence-electron chi connectivity index (χ4n) is 3.60. The SMILES string of the molecule is CC(C)CCC(C)(O)CNC(=O)OCC1c2ccccc2-c2ccccc21. The van der Waals surface area contributed by atoms with E-state index in [2.05, 4.69) is 43.4 Å². The number of aliphatic hydroxyl groups is 1. The Morgan fingerprint density at radius 1 is 1.11 bits per heavy atom. The Morgan fingerprint density at radius 2 is 1.67 bits per heavy atom. The molecule has 0 aliphatic heterocycles. The van der Waals surface area contributed by atoms with E-state index in [1.807, 2.05) is 24.3 Å². The highest BCUT2D eigenvalue weighted by Crippen LogP contribution is 2.44. The zero-order valence-electron chi connectivity index (χ0n) is 16.4. The van der Waals surface area contributed by atoms with Gasteiger partial charge in [-0.15, -0.1) is 0 Å². The second-order valence-electron chi connectivity index (χ2n) is 8.11. The zero-order valence-corrected chi connectivity index (χ0v) is 16.4. The molecule has 27 heavy (non-hydrogen) atoms. The molecule has 2 aromatic rings. The molecule has 2 N–H and O–H groups in total. The van der Waals surface area contributed by atoms with Gasteiger partial charge in [0, 0.05) is 12.5 Å². The molecule has 0 spiro atoms. The molecule has 2 aromatic carbocycles. The maximum atomic E-state index is 12.2. The number of hydrogen-bond donors (Lipinski definition) is 2. The molecule has 1 aliphatic rings. The number of amides is 1. The van der Waals surface area contributed by atoms with Crippen LogP contribution in [0.1, 0.15) is 50.7 Å². The maximum Gasteiger partial charge on any atom is 0.407 e. The Labute approximate surface area is 161 Å². The van der Waals surface area contributed by atoms with Crippen molar-refractivity contribution in [2.45, 2.75) is 45.1 Å². The Kier molecular flexibility index (Phi) is 5.85. The fraction of sp³-hybridized carbons (Fsp3) is 0.435. The van der Waals surface area contributed by atoms with Crippen LogP contribution in [0.3, 0.4) is 0 Å². The van der Waals surface area contributed by atoms with E-state index in [4.69, 9.17) is 4.74 Å². The summed E-state index contributed by atoms with van der Waals surface area (Å²) in [4.78, 5) is 12.2. The highest BCUT2D eigenvalue weighted by atomic mass is 16.5. The lowest BCUT2D eigenvalue weighted by Gasteiger charge is -2.24. The van der Waals surface area contributed by atoms with Crippen LogP contribution in [0.15, 0.2) is 48.5 Å². The molecule has 0 fully saturated rings. The number of rotatable bonds is 7. The lowest BCUT2D eigenvalue weighted by molar-refractivity contribution is 0.0428. The molecule has 0 saturated heterocycles. The molecule has 4 heteroatoms. The molecule has 3 rings (SSSR count). The van der Waals surface area contributed by atoms with Crippen molar-refractivity contribution in [3.63, 3.8) is 0 Å². The van der Waals surface area contributed by atoms with Crippen molar-refractivity contribution in [2.75, 3.05) is 13.2 Å². The molecular weight excluding hydrogens is 338 g/mol. The number of benzene rings is 2. The first-order valence-corrected chi connectivity index (χ1v) is 9.68. The predicted octanol–water partition coefficient (Wildman–Crippen LogP) is 4.71. The Hall–Kier alpha value is -2.33. The summed E-state index contributed by atoms with van der Waals surface area (Å²) in [7, 11) is 0. The number of nitrogens with one attached hydrogen (secondary N) is 1.